The van der Waals surface area contributed by atoms with Crippen LogP contribution >= 0.6 is 0 Å². The lowest BCUT2D eigenvalue weighted by Crippen LogP contribution is -2.26. The molecule has 0 aliphatic heterocycles. The Hall–Kier alpha value is -2.17. The molecule has 94 valence electrons. The number of nitrogens with one attached hydrogen (secondary N) is 2. The lowest BCUT2D eigenvalue weighted by Gasteiger charge is -2.13. The van der Waals surface area contributed by atoms with E-state index in [0.717, 1.165) is 11.3 Å². The summed E-state index contributed by atoms with van der Waals surface area (Å²) in [6.07, 6.45) is 1.49. The number of aromatic nitrogens is 2. The van der Waals surface area contributed by atoms with Crippen LogP contribution in [0, 0.1) is 12.7 Å². The summed E-state index contributed by atoms with van der Waals surface area (Å²) >= 11 is 0. The van der Waals surface area contributed by atoms with Crippen molar-refractivity contribution in [3.05, 3.63) is 53.1 Å². The number of benzene rings is 1. The van der Waals surface area contributed by atoms with Gasteiger partial charge in [0.2, 0.25) is 0 Å². The quantitative estimate of drug-likeness (QED) is 0.874. The van der Waals surface area contributed by atoms with Crippen molar-refractivity contribution < 1.29 is 9.18 Å². The van der Waals surface area contributed by atoms with Gasteiger partial charge in [0.15, 0.2) is 0 Å². The number of aryl methyl sites for hydroxylation is 1. The van der Waals surface area contributed by atoms with Gasteiger partial charge in [0.1, 0.15) is 5.82 Å². The Labute approximate surface area is 104 Å². The second-order valence-corrected chi connectivity index (χ2v) is 4.16. The average molecular weight is 247 g/mol. The normalized spacial score (nSPS) is 12.2. The van der Waals surface area contributed by atoms with E-state index in [4.69, 9.17) is 0 Å². The first-order valence-electron chi connectivity index (χ1n) is 5.64. The van der Waals surface area contributed by atoms with Crippen LogP contribution in [0.25, 0.3) is 0 Å². The van der Waals surface area contributed by atoms with E-state index in [0.29, 0.717) is 5.56 Å². The van der Waals surface area contributed by atoms with Crippen molar-refractivity contribution in [2.24, 2.45) is 0 Å². The third-order valence-corrected chi connectivity index (χ3v) is 2.79. The van der Waals surface area contributed by atoms with Gasteiger partial charge >= 0.3 is 0 Å². The maximum Gasteiger partial charge on any atom is 0.255 e. The molecule has 18 heavy (non-hydrogen) atoms. The second-order valence-electron chi connectivity index (χ2n) is 4.16. The molecule has 1 heterocycles. The van der Waals surface area contributed by atoms with Crippen LogP contribution in [-0.4, -0.2) is 16.1 Å². The van der Waals surface area contributed by atoms with E-state index >= 15 is 0 Å². The smallest absolute Gasteiger partial charge is 0.255 e. The Morgan fingerprint density at radius 2 is 2.06 bits per heavy atom. The van der Waals surface area contributed by atoms with Gasteiger partial charge in [-0.25, -0.2) is 4.39 Å². The number of H-pyrrole nitrogens is 1. The summed E-state index contributed by atoms with van der Waals surface area (Å²) in [5.41, 5.74) is 2.09. The van der Waals surface area contributed by atoms with Crippen molar-refractivity contribution in [3.63, 3.8) is 0 Å². The van der Waals surface area contributed by atoms with Crippen LogP contribution in [0.4, 0.5) is 4.39 Å². The van der Waals surface area contributed by atoms with Crippen LogP contribution in [0.2, 0.25) is 0 Å². The van der Waals surface area contributed by atoms with Crippen molar-refractivity contribution in [1.29, 1.82) is 0 Å². The predicted octanol–water partition coefficient (Wildman–Crippen LogP) is 2.35. The molecule has 5 heteroatoms. The minimum absolute atomic E-state index is 0.188. The number of rotatable bonds is 3. The van der Waals surface area contributed by atoms with E-state index < -0.39 is 0 Å². The molecule has 1 unspecified atom stereocenters. The first kappa shape index (κ1) is 12.3. The van der Waals surface area contributed by atoms with Crippen molar-refractivity contribution in [1.82, 2.24) is 15.5 Å². The van der Waals surface area contributed by atoms with E-state index in [9.17, 15) is 9.18 Å². The SMILES string of the molecule is Cc1[nH]ncc1C(=O)NC(C)c1ccc(F)cc1. The van der Waals surface area contributed by atoms with Gasteiger partial charge in [-0.2, -0.15) is 5.10 Å². The molecule has 2 N–H and O–H groups in total. The summed E-state index contributed by atoms with van der Waals surface area (Å²) in [6.45, 7) is 3.63. The monoisotopic (exact) mass is 247 g/mol. The fourth-order valence-electron chi connectivity index (χ4n) is 1.69. The maximum atomic E-state index is 12.8. The lowest BCUT2D eigenvalue weighted by molar-refractivity contribution is 0.0939. The Balaban J connectivity index is 2.08. The first-order chi connectivity index (χ1) is 8.58. The predicted molar refractivity (Wildman–Crippen MR) is 65.6 cm³/mol. The lowest BCUT2D eigenvalue weighted by atomic mass is 10.1. The Kier molecular flexibility index (Phi) is 3.41. The van der Waals surface area contributed by atoms with Gasteiger partial charge in [0, 0.05) is 5.69 Å². The molecule has 0 spiro atoms. The summed E-state index contributed by atoms with van der Waals surface area (Å²) in [5.74, 6) is -0.485. The van der Waals surface area contributed by atoms with E-state index in [-0.39, 0.29) is 17.8 Å². The number of amides is 1. The molecule has 1 atom stereocenters. The van der Waals surface area contributed by atoms with Gasteiger partial charge in [-0.3, -0.25) is 9.89 Å². The maximum absolute atomic E-state index is 12.8. The van der Waals surface area contributed by atoms with E-state index in [1.807, 2.05) is 6.92 Å². The molecule has 1 aromatic carbocycles. The largest absolute Gasteiger partial charge is 0.345 e. The van der Waals surface area contributed by atoms with E-state index in [1.54, 1.807) is 19.1 Å². The van der Waals surface area contributed by atoms with Crippen LogP contribution in [0.3, 0.4) is 0 Å². The third-order valence-electron chi connectivity index (χ3n) is 2.79. The zero-order valence-electron chi connectivity index (χ0n) is 10.2. The summed E-state index contributed by atoms with van der Waals surface area (Å²) in [4.78, 5) is 11.9. The second kappa shape index (κ2) is 5.00. The molecular formula is C13H14FN3O. The fraction of sp³-hybridized carbons (Fsp3) is 0.231. The molecule has 0 aliphatic carbocycles. The van der Waals surface area contributed by atoms with Gasteiger partial charge in [-0.15, -0.1) is 0 Å². The highest BCUT2D eigenvalue weighted by Crippen LogP contribution is 2.14. The molecule has 2 rings (SSSR count). The molecule has 0 fully saturated rings. The highest BCUT2D eigenvalue weighted by atomic mass is 19.1. The van der Waals surface area contributed by atoms with E-state index in [2.05, 4.69) is 15.5 Å². The van der Waals surface area contributed by atoms with Gasteiger partial charge < -0.3 is 5.32 Å². The van der Waals surface area contributed by atoms with Gasteiger partial charge in [-0.05, 0) is 31.5 Å². The third kappa shape index (κ3) is 2.56. The van der Waals surface area contributed by atoms with Gasteiger partial charge in [0.05, 0.1) is 17.8 Å². The van der Waals surface area contributed by atoms with Crippen molar-refractivity contribution >= 4 is 5.91 Å². The first-order valence-corrected chi connectivity index (χ1v) is 5.64. The van der Waals surface area contributed by atoms with Crippen LogP contribution in [0.5, 0.6) is 0 Å². The number of carbonyl (C=O) groups is 1. The van der Waals surface area contributed by atoms with Crippen LogP contribution in [0.15, 0.2) is 30.5 Å². The molecule has 1 amide bonds. The summed E-state index contributed by atoms with van der Waals surface area (Å²) in [6, 6.07) is 5.88. The van der Waals surface area contributed by atoms with Gasteiger partial charge in [-0.1, -0.05) is 12.1 Å². The van der Waals surface area contributed by atoms with Crippen LogP contribution in [-0.2, 0) is 0 Å². The number of aromatic amines is 1. The topological polar surface area (TPSA) is 57.8 Å². The molecule has 0 saturated carbocycles. The highest BCUT2D eigenvalue weighted by molar-refractivity contribution is 5.95. The Morgan fingerprint density at radius 3 is 2.61 bits per heavy atom. The number of halogens is 1. The summed E-state index contributed by atoms with van der Waals surface area (Å²) in [7, 11) is 0. The highest BCUT2D eigenvalue weighted by Gasteiger charge is 2.14. The molecule has 2 aromatic rings. The zero-order valence-corrected chi connectivity index (χ0v) is 10.2. The Bertz CT molecular complexity index is 548. The Morgan fingerprint density at radius 1 is 1.39 bits per heavy atom. The molecule has 4 nitrogen and oxygen atoms in total. The molecule has 0 radical (unpaired) electrons. The summed E-state index contributed by atoms with van der Waals surface area (Å²) in [5, 5.41) is 9.35. The number of hydrogen-bond acceptors (Lipinski definition) is 2. The molecule has 0 saturated heterocycles. The van der Waals surface area contributed by atoms with Crippen LogP contribution < -0.4 is 5.32 Å². The standard InChI is InChI=1S/C13H14FN3O/c1-8(10-3-5-11(14)6-4-10)16-13(18)12-7-15-17-9(12)2/h3-8H,1-2H3,(H,15,17)(H,16,18). The fourth-order valence-corrected chi connectivity index (χ4v) is 1.69. The minimum atomic E-state index is -0.289. The molecular weight excluding hydrogens is 233 g/mol. The average Bonchev–Trinajstić information content (AvgIpc) is 2.76. The molecule has 1 aromatic heterocycles. The van der Waals surface area contributed by atoms with Crippen LogP contribution in [0.1, 0.15) is 34.6 Å². The van der Waals surface area contributed by atoms with Crippen molar-refractivity contribution in [2.75, 3.05) is 0 Å². The van der Waals surface area contributed by atoms with E-state index in [1.165, 1.54) is 18.3 Å². The number of hydrogen-bond donors (Lipinski definition) is 2. The minimum Gasteiger partial charge on any atom is -0.345 e. The molecule has 0 bridgehead atoms. The summed E-state index contributed by atoms with van der Waals surface area (Å²) < 4.78 is 12.8. The van der Waals surface area contributed by atoms with Crippen molar-refractivity contribution in [2.45, 2.75) is 19.9 Å². The molecule has 0 aliphatic rings. The number of nitrogens with zero attached hydrogens (tertiary/aromatic N) is 1. The van der Waals surface area contributed by atoms with Gasteiger partial charge in [0.25, 0.3) is 5.91 Å². The number of carbonyl (C=O) groups excluding carboxylic acids is 1. The van der Waals surface area contributed by atoms with Crippen molar-refractivity contribution in [3.8, 4) is 0 Å². The zero-order chi connectivity index (χ0) is 13.1.